The minimum absolute atomic E-state index is 0.0119. The molecule has 0 radical (unpaired) electrons. The predicted molar refractivity (Wildman–Crippen MR) is 69.2 cm³/mol. The number of aliphatic hydroxyl groups is 1. The topological polar surface area (TPSA) is 55.8 Å². The van der Waals surface area contributed by atoms with Crippen molar-refractivity contribution in [3.05, 3.63) is 0 Å². The predicted octanol–water partition coefficient (Wildman–Crippen LogP) is 2.14. The van der Waals surface area contributed by atoms with Crippen LogP contribution in [-0.4, -0.2) is 37.0 Å². The molecule has 18 heavy (non-hydrogen) atoms. The Balaban J connectivity index is 2.13. The molecule has 0 aromatic carbocycles. The Labute approximate surface area is 110 Å². The summed E-state index contributed by atoms with van der Waals surface area (Å²) < 4.78 is 10.5. The highest BCUT2D eigenvalue weighted by Crippen LogP contribution is 2.29. The number of carbonyl (C=O) groups excluding carboxylic acids is 1. The van der Waals surface area contributed by atoms with E-state index in [1.165, 1.54) is 7.11 Å². The standard InChI is InChI=1S/C14H26O4/c1-10(14(16)17-3)6-4-5-7-13-11(2)8-12(9-15)18-13/h10-13,15H,4-9H2,1-3H3/t10-,11-,12+,13-/m0/s1. The summed E-state index contributed by atoms with van der Waals surface area (Å²) in [4.78, 5) is 11.2. The van der Waals surface area contributed by atoms with Gasteiger partial charge in [-0.2, -0.15) is 0 Å². The van der Waals surface area contributed by atoms with E-state index in [2.05, 4.69) is 6.92 Å². The number of ether oxygens (including phenoxy) is 2. The second-order valence-electron chi connectivity index (χ2n) is 5.40. The first-order valence-corrected chi connectivity index (χ1v) is 6.92. The number of hydrogen-bond acceptors (Lipinski definition) is 4. The van der Waals surface area contributed by atoms with Crippen molar-refractivity contribution in [2.45, 2.75) is 58.2 Å². The van der Waals surface area contributed by atoms with Gasteiger partial charge in [-0.15, -0.1) is 0 Å². The fraction of sp³-hybridized carbons (Fsp3) is 0.929. The molecule has 4 nitrogen and oxygen atoms in total. The Hall–Kier alpha value is -0.610. The normalized spacial score (nSPS) is 29.2. The molecule has 0 aromatic rings. The monoisotopic (exact) mass is 258 g/mol. The molecule has 0 aliphatic carbocycles. The van der Waals surface area contributed by atoms with Crippen LogP contribution in [0.1, 0.15) is 46.0 Å². The van der Waals surface area contributed by atoms with E-state index in [9.17, 15) is 4.79 Å². The van der Waals surface area contributed by atoms with E-state index < -0.39 is 0 Å². The van der Waals surface area contributed by atoms with Crippen LogP contribution in [0.5, 0.6) is 0 Å². The van der Waals surface area contributed by atoms with Gasteiger partial charge in [0.2, 0.25) is 0 Å². The van der Waals surface area contributed by atoms with E-state index in [-0.39, 0.29) is 30.7 Å². The molecule has 0 saturated carbocycles. The van der Waals surface area contributed by atoms with Gasteiger partial charge >= 0.3 is 5.97 Å². The van der Waals surface area contributed by atoms with Crippen LogP contribution in [0.25, 0.3) is 0 Å². The number of unbranched alkanes of at least 4 members (excludes halogenated alkanes) is 1. The zero-order valence-corrected chi connectivity index (χ0v) is 11.7. The maximum atomic E-state index is 11.2. The second-order valence-corrected chi connectivity index (χ2v) is 5.40. The lowest BCUT2D eigenvalue weighted by Gasteiger charge is -2.15. The van der Waals surface area contributed by atoms with Gasteiger partial charge in [0.15, 0.2) is 0 Å². The Bertz CT molecular complexity index is 254. The van der Waals surface area contributed by atoms with Gasteiger partial charge in [-0.3, -0.25) is 4.79 Å². The first kappa shape index (κ1) is 15.4. The number of aliphatic hydroxyl groups excluding tert-OH is 1. The summed E-state index contributed by atoms with van der Waals surface area (Å²) in [6, 6.07) is 0. The summed E-state index contributed by atoms with van der Waals surface area (Å²) in [5.41, 5.74) is 0. The van der Waals surface area contributed by atoms with Crippen LogP contribution in [0.4, 0.5) is 0 Å². The first-order valence-electron chi connectivity index (χ1n) is 6.92. The van der Waals surface area contributed by atoms with Gasteiger partial charge in [0.05, 0.1) is 31.8 Å². The van der Waals surface area contributed by atoms with E-state index in [1.807, 2.05) is 6.92 Å². The van der Waals surface area contributed by atoms with Crippen LogP contribution in [0, 0.1) is 11.8 Å². The van der Waals surface area contributed by atoms with Gasteiger partial charge < -0.3 is 14.6 Å². The molecular weight excluding hydrogens is 232 g/mol. The maximum absolute atomic E-state index is 11.2. The molecule has 1 heterocycles. The van der Waals surface area contributed by atoms with Gasteiger partial charge in [-0.05, 0) is 25.2 Å². The van der Waals surface area contributed by atoms with E-state index in [0.717, 1.165) is 32.1 Å². The number of carbonyl (C=O) groups is 1. The molecule has 1 fully saturated rings. The largest absolute Gasteiger partial charge is 0.469 e. The molecule has 0 spiro atoms. The highest BCUT2D eigenvalue weighted by atomic mass is 16.5. The lowest BCUT2D eigenvalue weighted by Crippen LogP contribution is -2.16. The van der Waals surface area contributed by atoms with Crippen molar-refractivity contribution in [1.82, 2.24) is 0 Å². The van der Waals surface area contributed by atoms with Crippen LogP contribution in [0.15, 0.2) is 0 Å². The van der Waals surface area contributed by atoms with Gasteiger partial charge in [0.25, 0.3) is 0 Å². The van der Waals surface area contributed by atoms with Crippen molar-refractivity contribution in [1.29, 1.82) is 0 Å². The van der Waals surface area contributed by atoms with Crippen LogP contribution in [0.2, 0.25) is 0 Å². The maximum Gasteiger partial charge on any atom is 0.308 e. The summed E-state index contributed by atoms with van der Waals surface area (Å²) >= 11 is 0. The Kier molecular flexibility index (Phi) is 6.65. The lowest BCUT2D eigenvalue weighted by atomic mass is 9.96. The first-order chi connectivity index (χ1) is 8.58. The highest BCUT2D eigenvalue weighted by molar-refractivity contribution is 5.71. The van der Waals surface area contributed by atoms with Crippen molar-refractivity contribution in [3.63, 3.8) is 0 Å². The minimum Gasteiger partial charge on any atom is -0.469 e. The molecule has 1 N–H and O–H groups in total. The number of methoxy groups -OCH3 is 1. The zero-order valence-electron chi connectivity index (χ0n) is 11.7. The van der Waals surface area contributed by atoms with E-state index >= 15 is 0 Å². The summed E-state index contributed by atoms with van der Waals surface area (Å²) in [7, 11) is 1.43. The van der Waals surface area contributed by atoms with Crippen molar-refractivity contribution < 1.29 is 19.4 Å². The molecule has 4 atom stereocenters. The van der Waals surface area contributed by atoms with Gasteiger partial charge in [-0.25, -0.2) is 0 Å². The molecule has 0 bridgehead atoms. The summed E-state index contributed by atoms with van der Waals surface area (Å²) in [6.45, 7) is 4.21. The summed E-state index contributed by atoms with van der Waals surface area (Å²) in [5.74, 6) is 0.392. The molecule has 1 rings (SSSR count). The number of rotatable bonds is 7. The lowest BCUT2D eigenvalue weighted by molar-refractivity contribution is -0.145. The van der Waals surface area contributed by atoms with Crippen molar-refractivity contribution >= 4 is 5.97 Å². The molecule has 106 valence electrons. The van der Waals surface area contributed by atoms with Crippen LogP contribution in [-0.2, 0) is 14.3 Å². The van der Waals surface area contributed by atoms with Crippen molar-refractivity contribution in [2.24, 2.45) is 11.8 Å². The third kappa shape index (κ3) is 4.58. The second kappa shape index (κ2) is 7.74. The molecule has 1 aliphatic rings. The SMILES string of the molecule is COC(=O)[C@@H](C)CCCC[C@@H]1O[C@@H](CO)C[C@@H]1C. The molecule has 4 heteroatoms. The van der Waals surface area contributed by atoms with Crippen LogP contribution >= 0.6 is 0 Å². The summed E-state index contributed by atoms with van der Waals surface area (Å²) in [5, 5.41) is 9.06. The summed E-state index contributed by atoms with van der Waals surface area (Å²) in [6.07, 6.45) is 5.23. The Morgan fingerprint density at radius 1 is 1.50 bits per heavy atom. The average molecular weight is 258 g/mol. The van der Waals surface area contributed by atoms with E-state index in [0.29, 0.717) is 5.92 Å². The third-order valence-corrected chi connectivity index (χ3v) is 3.82. The van der Waals surface area contributed by atoms with Crippen molar-refractivity contribution in [2.75, 3.05) is 13.7 Å². The van der Waals surface area contributed by atoms with Gasteiger partial charge in [0.1, 0.15) is 0 Å². The Morgan fingerprint density at radius 2 is 2.22 bits per heavy atom. The Morgan fingerprint density at radius 3 is 2.78 bits per heavy atom. The fourth-order valence-electron chi connectivity index (χ4n) is 2.59. The molecule has 0 unspecified atom stereocenters. The van der Waals surface area contributed by atoms with Gasteiger partial charge in [0, 0.05) is 0 Å². The smallest absolute Gasteiger partial charge is 0.308 e. The van der Waals surface area contributed by atoms with Crippen LogP contribution in [0.3, 0.4) is 0 Å². The molecular formula is C14H26O4. The molecule has 1 saturated heterocycles. The number of esters is 1. The molecule has 0 aromatic heterocycles. The molecule has 0 amide bonds. The highest BCUT2D eigenvalue weighted by Gasteiger charge is 2.30. The quantitative estimate of drug-likeness (QED) is 0.561. The zero-order chi connectivity index (χ0) is 13.5. The third-order valence-electron chi connectivity index (χ3n) is 3.82. The van der Waals surface area contributed by atoms with E-state index in [4.69, 9.17) is 14.6 Å². The van der Waals surface area contributed by atoms with Crippen molar-refractivity contribution in [3.8, 4) is 0 Å². The van der Waals surface area contributed by atoms with E-state index in [1.54, 1.807) is 0 Å². The minimum atomic E-state index is -0.124. The van der Waals surface area contributed by atoms with Gasteiger partial charge in [-0.1, -0.05) is 26.7 Å². The fourth-order valence-corrected chi connectivity index (χ4v) is 2.59. The van der Waals surface area contributed by atoms with Crippen LogP contribution < -0.4 is 0 Å². The average Bonchev–Trinajstić information content (AvgIpc) is 2.74. The molecule has 1 aliphatic heterocycles. The number of hydrogen-bond donors (Lipinski definition) is 1.